The van der Waals surface area contributed by atoms with Crippen LogP contribution in [0.15, 0.2) is 0 Å². The van der Waals surface area contributed by atoms with Crippen molar-refractivity contribution in [2.75, 3.05) is 0 Å². The van der Waals surface area contributed by atoms with E-state index in [0.717, 1.165) is 0 Å². The molecule has 0 fully saturated rings. The molecule has 0 aliphatic carbocycles. The molecular formula is C12H26S. The number of thiol groups is 1. The molecule has 0 rings (SSSR count). The van der Waals surface area contributed by atoms with Crippen LogP contribution >= 0.6 is 12.6 Å². The Balaban J connectivity index is 4.87. The Morgan fingerprint density at radius 1 is 0.692 bits per heavy atom. The standard InChI is InChI=1S/C12H26S/c1-6-11(7-2,8-3)12(13,9-4)10-5/h13H,6-10H2,1-5H3. The van der Waals surface area contributed by atoms with Crippen molar-refractivity contribution >= 4 is 12.6 Å². The van der Waals surface area contributed by atoms with Crippen molar-refractivity contribution in [2.45, 2.75) is 71.5 Å². The van der Waals surface area contributed by atoms with Gasteiger partial charge in [0.2, 0.25) is 0 Å². The highest BCUT2D eigenvalue weighted by Gasteiger charge is 2.42. The first kappa shape index (κ1) is 13.4. The molecule has 0 aliphatic rings. The topological polar surface area (TPSA) is 0 Å². The molecule has 0 bridgehead atoms. The van der Waals surface area contributed by atoms with Gasteiger partial charge in [-0.25, -0.2) is 0 Å². The lowest BCUT2D eigenvalue weighted by atomic mass is 9.66. The van der Waals surface area contributed by atoms with Crippen LogP contribution in [0.1, 0.15) is 66.7 Å². The van der Waals surface area contributed by atoms with Crippen LogP contribution in [0.5, 0.6) is 0 Å². The third-order valence-electron chi connectivity index (χ3n) is 4.19. The first-order valence-corrected chi connectivity index (χ1v) is 6.22. The lowest BCUT2D eigenvalue weighted by Gasteiger charge is -2.46. The maximum atomic E-state index is 4.94. The molecule has 0 aromatic carbocycles. The fraction of sp³-hybridized carbons (Fsp3) is 1.00. The Bertz CT molecular complexity index is 124. The summed E-state index contributed by atoms with van der Waals surface area (Å²) in [6.07, 6.45) is 6.13. The minimum absolute atomic E-state index is 0.241. The predicted molar refractivity (Wildman–Crippen MR) is 65.6 cm³/mol. The van der Waals surface area contributed by atoms with E-state index in [4.69, 9.17) is 12.6 Å². The fourth-order valence-electron chi connectivity index (χ4n) is 2.74. The van der Waals surface area contributed by atoms with Gasteiger partial charge in [0, 0.05) is 4.75 Å². The maximum absolute atomic E-state index is 4.94. The molecule has 0 aromatic rings. The quantitative estimate of drug-likeness (QED) is 0.593. The SMILES string of the molecule is CCC(S)(CC)C(CC)(CC)CC. The number of hydrogen-bond acceptors (Lipinski definition) is 1. The third-order valence-corrected chi connectivity index (χ3v) is 5.29. The molecule has 0 aliphatic heterocycles. The second-order valence-electron chi connectivity index (χ2n) is 4.08. The maximum Gasteiger partial charge on any atom is 0.0180 e. The van der Waals surface area contributed by atoms with E-state index < -0.39 is 0 Å². The molecule has 0 spiro atoms. The summed E-state index contributed by atoms with van der Waals surface area (Å²) in [5, 5.41) is 0. The van der Waals surface area contributed by atoms with E-state index in [1.165, 1.54) is 32.1 Å². The minimum Gasteiger partial charge on any atom is -0.172 e. The van der Waals surface area contributed by atoms with E-state index in [1.807, 2.05) is 0 Å². The second kappa shape index (κ2) is 5.29. The van der Waals surface area contributed by atoms with Gasteiger partial charge in [-0.1, -0.05) is 34.6 Å². The Morgan fingerprint density at radius 3 is 1.08 bits per heavy atom. The van der Waals surface area contributed by atoms with Gasteiger partial charge in [-0.05, 0) is 37.5 Å². The summed E-state index contributed by atoms with van der Waals surface area (Å²) in [7, 11) is 0. The van der Waals surface area contributed by atoms with Crippen LogP contribution in [0, 0.1) is 5.41 Å². The Morgan fingerprint density at radius 2 is 1.00 bits per heavy atom. The zero-order chi connectivity index (χ0) is 10.5. The van der Waals surface area contributed by atoms with E-state index in [2.05, 4.69) is 34.6 Å². The fourth-order valence-corrected chi connectivity index (χ4v) is 3.21. The zero-order valence-corrected chi connectivity index (χ0v) is 10.9. The second-order valence-corrected chi connectivity index (χ2v) is 4.94. The molecule has 0 N–H and O–H groups in total. The lowest BCUT2D eigenvalue weighted by molar-refractivity contribution is 0.158. The summed E-state index contributed by atoms with van der Waals surface area (Å²) in [4.78, 5) is 0. The molecule has 0 amide bonds. The average Bonchev–Trinajstić information content (AvgIpc) is 2.20. The van der Waals surface area contributed by atoms with Gasteiger partial charge >= 0.3 is 0 Å². The summed E-state index contributed by atoms with van der Waals surface area (Å²) in [5.41, 5.74) is 0.444. The van der Waals surface area contributed by atoms with Crippen molar-refractivity contribution < 1.29 is 0 Å². The van der Waals surface area contributed by atoms with E-state index in [9.17, 15) is 0 Å². The molecule has 80 valence electrons. The molecule has 0 saturated carbocycles. The van der Waals surface area contributed by atoms with Crippen LogP contribution in [0.2, 0.25) is 0 Å². The molecular weight excluding hydrogens is 176 g/mol. The van der Waals surface area contributed by atoms with Gasteiger partial charge in [0.1, 0.15) is 0 Å². The molecule has 1 heteroatoms. The first-order chi connectivity index (χ1) is 6.05. The van der Waals surface area contributed by atoms with E-state index in [0.29, 0.717) is 5.41 Å². The summed E-state index contributed by atoms with van der Waals surface area (Å²) in [6, 6.07) is 0. The van der Waals surface area contributed by atoms with E-state index in [-0.39, 0.29) is 4.75 Å². The molecule has 0 atom stereocenters. The molecule has 0 heterocycles. The first-order valence-electron chi connectivity index (χ1n) is 5.78. The Labute approximate surface area is 89.9 Å². The van der Waals surface area contributed by atoms with Crippen LogP contribution in [0.25, 0.3) is 0 Å². The van der Waals surface area contributed by atoms with Crippen LogP contribution < -0.4 is 0 Å². The van der Waals surface area contributed by atoms with Crippen LogP contribution in [0.4, 0.5) is 0 Å². The van der Waals surface area contributed by atoms with Gasteiger partial charge in [-0.15, -0.1) is 0 Å². The van der Waals surface area contributed by atoms with Crippen molar-refractivity contribution in [3.8, 4) is 0 Å². The number of hydrogen-bond donors (Lipinski definition) is 1. The van der Waals surface area contributed by atoms with Crippen molar-refractivity contribution in [3.63, 3.8) is 0 Å². The Hall–Kier alpha value is 0.350. The smallest absolute Gasteiger partial charge is 0.0180 e. The van der Waals surface area contributed by atoms with Crippen molar-refractivity contribution in [3.05, 3.63) is 0 Å². The third kappa shape index (κ3) is 2.23. The van der Waals surface area contributed by atoms with Gasteiger partial charge in [0.05, 0.1) is 0 Å². The van der Waals surface area contributed by atoms with Crippen molar-refractivity contribution in [1.29, 1.82) is 0 Å². The van der Waals surface area contributed by atoms with Gasteiger partial charge in [-0.2, -0.15) is 12.6 Å². The highest BCUT2D eigenvalue weighted by Crippen LogP contribution is 2.49. The highest BCUT2D eigenvalue weighted by atomic mass is 32.1. The molecule has 0 aromatic heterocycles. The van der Waals surface area contributed by atoms with E-state index in [1.54, 1.807) is 0 Å². The lowest BCUT2D eigenvalue weighted by Crippen LogP contribution is -2.42. The molecule has 0 saturated heterocycles. The van der Waals surface area contributed by atoms with Gasteiger partial charge in [-0.3, -0.25) is 0 Å². The average molecular weight is 202 g/mol. The highest BCUT2D eigenvalue weighted by molar-refractivity contribution is 7.81. The molecule has 0 radical (unpaired) electrons. The van der Waals surface area contributed by atoms with Gasteiger partial charge in [0.25, 0.3) is 0 Å². The molecule has 0 unspecified atom stereocenters. The normalized spacial score (nSPS) is 13.4. The molecule has 13 heavy (non-hydrogen) atoms. The van der Waals surface area contributed by atoms with Crippen LogP contribution in [0.3, 0.4) is 0 Å². The van der Waals surface area contributed by atoms with Crippen LogP contribution in [-0.2, 0) is 0 Å². The van der Waals surface area contributed by atoms with Crippen molar-refractivity contribution in [1.82, 2.24) is 0 Å². The summed E-state index contributed by atoms with van der Waals surface area (Å²) in [6.45, 7) is 11.5. The molecule has 0 nitrogen and oxygen atoms in total. The zero-order valence-electron chi connectivity index (χ0n) is 9.98. The van der Waals surface area contributed by atoms with Crippen molar-refractivity contribution in [2.24, 2.45) is 5.41 Å². The summed E-state index contributed by atoms with van der Waals surface area (Å²) < 4.78 is 0.241. The van der Waals surface area contributed by atoms with Crippen LogP contribution in [-0.4, -0.2) is 4.75 Å². The monoisotopic (exact) mass is 202 g/mol. The van der Waals surface area contributed by atoms with E-state index >= 15 is 0 Å². The van der Waals surface area contributed by atoms with Gasteiger partial charge in [0.15, 0.2) is 0 Å². The summed E-state index contributed by atoms with van der Waals surface area (Å²) >= 11 is 4.94. The van der Waals surface area contributed by atoms with Gasteiger partial charge < -0.3 is 0 Å². The summed E-state index contributed by atoms with van der Waals surface area (Å²) in [5.74, 6) is 0. The predicted octanol–water partition coefficient (Wildman–Crippen LogP) is 4.69. The minimum atomic E-state index is 0.241. The Kier molecular flexibility index (Phi) is 5.43. The largest absolute Gasteiger partial charge is 0.172 e. The number of rotatable bonds is 6.